The van der Waals surface area contributed by atoms with Crippen molar-refractivity contribution >= 4 is 5.91 Å². The van der Waals surface area contributed by atoms with E-state index in [1.807, 2.05) is 0 Å². The fourth-order valence-electron chi connectivity index (χ4n) is 4.17. The van der Waals surface area contributed by atoms with Crippen molar-refractivity contribution in [3.63, 3.8) is 0 Å². The molecule has 4 nitrogen and oxygen atoms in total. The van der Waals surface area contributed by atoms with Crippen LogP contribution in [0.5, 0.6) is 0 Å². The maximum atomic E-state index is 12.5. The van der Waals surface area contributed by atoms with Crippen molar-refractivity contribution < 1.29 is 4.79 Å². The van der Waals surface area contributed by atoms with Crippen LogP contribution in [0.2, 0.25) is 0 Å². The molecule has 0 aromatic heterocycles. The highest BCUT2D eigenvalue weighted by molar-refractivity contribution is 5.81. The van der Waals surface area contributed by atoms with Gasteiger partial charge in [-0.3, -0.25) is 9.69 Å². The average molecular weight is 295 g/mol. The highest BCUT2D eigenvalue weighted by Gasteiger charge is 2.38. The Bertz CT molecular complexity index is 335. The summed E-state index contributed by atoms with van der Waals surface area (Å²) in [6, 6.07) is 2.19. The van der Waals surface area contributed by atoms with Gasteiger partial charge in [0.05, 0.1) is 6.04 Å². The molecule has 0 saturated carbocycles. The molecule has 2 aliphatic heterocycles. The Labute approximate surface area is 130 Å². The third-order valence-corrected chi connectivity index (χ3v) is 5.27. The molecule has 2 bridgehead atoms. The van der Waals surface area contributed by atoms with Gasteiger partial charge in [-0.1, -0.05) is 20.3 Å². The van der Waals surface area contributed by atoms with Crippen LogP contribution < -0.4 is 10.6 Å². The van der Waals surface area contributed by atoms with Gasteiger partial charge in [0, 0.05) is 24.2 Å². The number of piperidine rings is 1. The summed E-state index contributed by atoms with van der Waals surface area (Å²) < 4.78 is 0. The number of carbonyl (C=O) groups excluding carboxylic acids is 1. The van der Waals surface area contributed by atoms with Crippen molar-refractivity contribution in [3.8, 4) is 0 Å². The van der Waals surface area contributed by atoms with Crippen LogP contribution in [0.3, 0.4) is 0 Å². The number of carbonyl (C=O) groups is 1. The van der Waals surface area contributed by atoms with E-state index in [9.17, 15) is 4.79 Å². The second-order valence-electron chi connectivity index (χ2n) is 6.97. The third-order valence-electron chi connectivity index (χ3n) is 5.27. The number of nitrogens with zero attached hydrogens (tertiary/aromatic N) is 1. The Morgan fingerprint density at radius 2 is 1.86 bits per heavy atom. The van der Waals surface area contributed by atoms with E-state index in [4.69, 9.17) is 0 Å². The SMILES string of the molecule is CCCC(C)NC(=O)C(C)N(CC)C1CC2CCC(C1)N2. The number of amides is 1. The van der Waals surface area contributed by atoms with Gasteiger partial charge < -0.3 is 10.6 Å². The van der Waals surface area contributed by atoms with Crippen molar-refractivity contribution in [2.24, 2.45) is 0 Å². The van der Waals surface area contributed by atoms with E-state index in [2.05, 4.69) is 43.2 Å². The largest absolute Gasteiger partial charge is 0.352 e. The van der Waals surface area contributed by atoms with Gasteiger partial charge in [-0.25, -0.2) is 0 Å². The molecule has 0 aliphatic carbocycles. The molecule has 4 heteroatoms. The molecule has 0 aromatic carbocycles. The molecule has 1 amide bonds. The van der Waals surface area contributed by atoms with Crippen LogP contribution in [0.25, 0.3) is 0 Å². The monoisotopic (exact) mass is 295 g/mol. The minimum atomic E-state index is -0.0168. The molecule has 2 N–H and O–H groups in total. The van der Waals surface area contributed by atoms with Crippen molar-refractivity contribution in [2.45, 2.75) is 96.4 Å². The zero-order valence-corrected chi connectivity index (χ0v) is 14.2. The number of rotatable bonds is 7. The summed E-state index contributed by atoms with van der Waals surface area (Å²) in [4.78, 5) is 14.9. The highest BCUT2D eigenvalue weighted by Crippen LogP contribution is 2.30. The van der Waals surface area contributed by atoms with Crippen LogP contribution in [0.15, 0.2) is 0 Å². The van der Waals surface area contributed by atoms with Crippen molar-refractivity contribution in [3.05, 3.63) is 0 Å². The lowest BCUT2D eigenvalue weighted by Gasteiger charge is -2.40. The fourth-order valence-corrected chi connectivity index (χ4v) is 4.17. The van der Waals surface area contributed by atoms with Crippen LogP contribution in [-0.4, -0.2) is 47.6 Å². The molecule has 122 valence electrons. The first-order valence-corrected chi connectivity index (χ1v) is 8.87. The van der Waals surface area contributed by atoms with E-state index in [1.165, 1.54) is 25.7 Å². The van der Waals surface area contributed by atoms with E-state index in [1.54, 1.807) is 0 Å². The van der Waals surface area contributed by atoms with Gasteiger partial charge in [0.2, 0.25) is 5.91 Å². The van der Waals surface area contributed by atoms with Gasteiger partial charge in [-0.05, 0) is 52.5 Å². The molecule has 0 spiro atoms. The number of likely N-dealkylation sites (N-methyl/N-ethyl adjacent to an activating group) is 1. The van der Waals surface area contributed by atoms with Crippen molar-refractivity contribution in [2.75, 3.05) is 6.54 Å². The number of hydrogen-bond donors (Lipinski definition) is 2. The van der Waals surface area contributed by atoms with Gasteiger partial charge in [-0.15, -0.1) is 0 Å². The van der Waals surface area contributed by atoms with E-state index in [-0.39, 0.29) is 18.0 Å². The predicted molar refractivity (Wildman–Crippen MR) is 87.3 cm³/mol. The van der Waals surface area contributed by atoms with E-state index in [0.717, 1.165) is 19.4 Å². The first-order chi connectivity index (χ1) is 10.0. The number of fused-ring (bicyclic) bond motifs is 2. The molecule has 21 heavy (non-hydrogen) atoms. The molecule has 2 aliphatic rings. The average Bonchev–Trinajstić information content (AvgIpc) is 2.78. The van der Waals surface area contributed by atoms with Gasteiger partial charge >= 0.3 is 0 Å². The molecule has 2 heterocycles. The van der Waals surface area contributed by atoms with Gasteiger partial charge in [-0.2, -0.15) is 0 Å². The zero-order chi connectivity index (χ0) is 15.4. The fraction of sp³-hybridized carbons (Fsp3) is 0.941. The van der Waals surface area contributed by atoms with Crippen molar-refractivity contribution in [1.82, 2.24) is 15.5 Å². The number of nitrogens with one attached hydrogen (secondary N) is 2. The van der Waals surface area contributed by atoms with E-state index >= 15 is 0 Å². The van der Waals surface area contributed by atoms with E-state index in [0.29, 0.717) is 18.1 Å². The molecule has 2 fully saturated rings. The molecule has 0 aromatic rings. The Morgan fingerprint density at radius 3 is 2.38 bits per heavy atom. The zero-order valence-electron chi connectivity index (χ0n) is 14.2. The summed E-state index contributed by atoms with van der Waals surface area (Å²) in [5, 5.41) is 6.87. The van der Waals surface area contributed by atoms with Gasteiger partial charge in [0.15, 0.2) is 0 Å². The molecule has 2 saturated heterocycles. The van der Waals surface area contributed by atoms with Crippen LogP contribution in [0.1, 0.15) is 66.2 Å². The lowest BCUT2D eigenvalue weighted by atomic mass is 9.96. The maximum Gasteiger partial charge on any atom is 0.237 e. The lowest BCUT2D eigenvalue weighted by molar-refractivity contribution is -0.127. The smallest absolute Gasteiger partial charge is 0.237 e. The standard InChI is InChI=1S/C17H33N3O/c1-5-7-12(3)18-17(21)13(4)20(6-2)16-10-14-8-9-15(11-16)19-14/h12-16,19H,5-11H2,1-4H3,(H,18,21). The molecular weight excluding hydrogens is 262 g/mol. The van der Waals surface area contributed by atoms with Gasteiger partial charge in [0.25, 0.3) is 0 Å². The lowest BCUT2D eigenvalue weighted by Crippen LogP contribution is -2.55. The normalized spacial score (nSPS) is 31.2. The minimum absolute atomic E-state index is 0.0168. The summed E-state index contributed by atoms with van der Waals surface area (Å²) in [5.41, 5.74) is 0. The Hall–Kier alpha value is -0.610. The molecule has 4 atom stereocenters. The topological polar surface area (TPSA) is 44.4 Å². The first-order valence-electron chi connectivity index (χ1n) is 8.87. The summed E-state index contributed by atoms with van der Waals surface area (Å²) in [6.45, 7) is 9.48. The highest BCUT2D eigenvalue weighted by atomic mass is 16.2. The molecule has 4 unspecified atom stereocenters. The van der Waals surface area contributed by atoms with Crippen LogP contribution in [-0.2, 0) is 4.79 Å². The first kappa shape index (κ1) is 16.8. The predicted octanol–water partition coefficient (Wildman–Crippen LogP) is 2.28. The Morgan fingerprint density at radius 1 is 1.24 bits per heavy atom. The maximum absolute atomic E-state index is 12.5. The summed E-state index contributed by atoms with van der Waals surface area (Å²) >= 11 is 0. The summed E-state index contributed by atoms with van der Waals surface area (Å²) in [7, 11) is 0. The van der Waals surface area contributed by atoms with Crippen LogP contribution in [0, 0.1) is 0 Å². The molecular formula is C17H33N3O. The second kappa shape index (κ2) is 7.59. The minimum Gasteiger partial charge on any atom is -0.352 e. The third kappa shape index (κ3) is 4.19. The summed E-state index contributed by atoms with van der Waals surface area (Å²) in [5.74, 6) is 0.198. The molecule has 0 radical (unpaired) electrons. The second-order valence-corrected chi connectivity index (χ2v) is 6.97. The Balaban J connectivity index is 1.91. The van der Waals surface area contributed by atoms with Crippen LogP contribution in [0.4, 0.5) is 0 Å². The quantitative estimate of drug-likeness (QED) is 0.757. The molecule has 2 rings (SSSR count). The Kier molecular flexibility index (Phi) is 6.06. The summed E-state index contributed by atoms with van der Waals surface area (Å²) in [6.07, 6.45) is 7.20. The van der Waals surface area contributed by atoms with Crippen LogP contribution >= 0.6 is 0 Å². The van der Waals surface area contributed by atoms with Crippen molar-refractivity contribution in [1.29, 1.82) is 0 Å². The van der Waals surface area contributed by atoms with E-state index < -0.39 is 0 Å². The van der Waals surface area contributed by atoms with Gasteiger partial charge in [0.1, 0.15) is 0 Å². The number of hydrogen-bond acceptors (Lipinski definition) is 3.